The molecule has 1 N–H and O–H groups in total. The first kappa shape index (κ1) is 16.0. The molecule has 1 atom stereocenters. The van der Waals surface area contributed by atoms with E-state index in [9.17, 15) is 0 Å². The van der Waals surface area contributed by atoms with Crippen LogP contribution >= 0.6 is 0 Å². The van der Waals surface area contributed by atoms with Crippen molar-refractivity contribution < 1.29 is 0 Å². The van der Waals surface area contributed by atoms with Gasteiger partial charge in [0.05, 0.1) is 0 Å². The minimum absolute atomic E-state index is 0.421. The Labute approximate surface area is 103 Å². The first-order valence-electron chi connectivity index (χ1n) is 7.04. The molecular weight excluding hydrogens is 194 g/mol. The molecular formula is C15H33N. The van der Waals surface area contributed by atoms with Gasteiger partial charge in [-0.05, 0) is 30.2 Å². The normalized spacial score (nSPS) is 14.8. The van der Waals surface area contributed by atoms with E-state index >= 15 is 0 Å². The molecule has 0 aliphatic heterocycles. The Bertz CT molecular complexity index is 163. The highest BCUT2D eigenvalue weighted by molar-refractivity contribution is 4.79. The Balaban J connectivity index is 4.32. The average Bonchev–Trinajstić information content (AvgIpc) is 2.16. The van der Waals surface area contributed by atoms with Crippen LogP contribution < -0.4 is 5.32 Å². The van der Waals surface area contributed by atoms with Crippen LogP contribution in [-0.2, 0) is 0 Å². The van der Waals surface area contributed by atoms with Crippen molar-refractivity contribution in [2.24, 2.45) is 17.3 Å². The van der Waals surface area contributed by atoms with Crippen LogP contribution in [0.2, 0.25) is 0 Å². The van der Waals surface area contributed by atoms with Crippen LogP contribution in [0.4, 0.5) is 0 Å². The van der Waals surface area contributed by atoms with Crippen molar-refractivity contribution in [2.45, 2.75) is 73.8 Å². The predicted molar refractivity (Wildman–Crippen MR) is 74.8 cm³/mol. The summed E-state index contributed by atoms with van der Waals surface area (Å²) in [5.41, 5.74) is 0.421. The van der Waals surface area contributed by atoms with Gasteiger partial charge in [0.2, 0.25) is 0 Å². The van der Waals surface area contributed by atoms with Crippen molar-refractivity contribution in [1.82, 2.24) is 5.32 Å². The number of rotatable bonds is 7. The molecule has 0 fully saturated rings. The summed E-state index contributed by atoms with van der Waals surface area (Å²) < 4.78 is 0. The highest BCUT2D eigenvalue weighted by Crippen LogP contribution is 2.32. The van der Waals surface area contributed by atoms with Gasteiger partial charge in [-0.2, -0.15) is 0 Å². The fourth-order valence-electron chi connectivity index (χ4n) is 2.15. The maximum absolute atomic E-state index is 3.61. The van der Waals surface area contributed by atoms with Crippen molar-refractivity contribution in [3.8, 4) is 0 Å². The molecule has 0 saturated heterocycles. The van der Waals surface area contributed by atoms with E-state index in [1.54, 1.807) is 0 Å². The lowest BCUT2D eigenvalue weighted by molar-refractivity contribution is 0.182. The SMILES string of the molecule is CCC(CC)CC(CNC(C)C)C(C)(C)C. The largest absolute Gasteiger partial charge is 0.314 e. The standard InChI is InChI=1S/C15H33N/c1-8-13(9-2)10-14(15(5,6)7)11-16-12(3)4/h12-14,16H,8-11H2,1-7H3. The Morgan fingerprint density at radius 1 is 1.00 bits per heavy atom. The van der Waals surface area contributed by atoms with Crippen LogP contribution in [-0.4, -0.2) is 12.6 Å². The van der Waals surface area contributed by atoms with Gasteiger partial charge in [0, 0.05) is 6.04 Å². The zero-order valence-corrected chi connectivity index (χ0v) is 12.6. The maximum Gasteiger partial charge on any atom is 0.00104 e. The quantitative estimate of drug-likeness (QED) is 0.676. The zero-order chi connectivity index (χ0) is 12.8. The molecule has 1 nitrogen and oxygen atoms in total. The summed E-state index contributed by atoms with van der Waals surface area (Å²) in [5.74, 6) is 1.69. The molecule has 16 heavy (non-hydrogen) atoms. The van der Waals surface area contributed by atoms with Crippen LogP contribution in [0.3, 0.4) is 0 Å². The number of nitrogens with one attached hydrogen (secondary N) is 1. The predicted octanol–water partition coefficient (Wildman–Crippen LogP) is 4.47. The van der Waals surface area contributed by atoms with Gasteiger partial charge >= 0.3 is 0 Å². The minimum atomic E-state index is 0.421. The molecule has 0 spiro atoms. The molecule has 0 amide bonds. The van der Waals surface area contributed by atoms with Crippen LogP contribution in [0, 0.1) is 17.3 Å². The van der Waals surface area contributed by atoms with Crippen LogP contribution in [0.1, 0.15) is 67.7 Å². The second-order valence-electron chi connectivity index (χ2n) is 6.54. The molecule has 0 rings (SSSR count). The lowest BCUT2D eigenvalue weighted by Gasteiger charge is -2.34. The van der Waals surface area contributed by atoms with Gasteiger partial charge in [0.25, 0.3) is 0 Å². The molecule has 0 bridgehead atoms. The first-order chi connectivity index (χ1) is 7.31. The fourth-order valence-corrected chi connectivity index (χ4v) is 2.15. The molecule has 98 valence electrons. The van der Waals surface area contributed by atoms with Crippen LogP contribution in [0.25, 0.3) is 0 Å². The summed E-state index contributed by atoms with van der Waals surface area (Å²) in [6, 6.07) is 0.603. The van der Waals surface area contributed by atoms with Gasteiger partial charge in [-0.1, -0.05) is 61.3 Å². The van der Waals surface area contributed by atoms with E-state index in [4.69, 9.17) is 0 Å². The highest BCUT2D eigenvalue weighted by atomic mass is 14.9. The van der Waals surface area contributed by atoms with Gasteiger partial charge in [0.1, 0.15) is 0 Å². The number of hydrogen-bond donors (Lipinski definition) is 1. The van der Waals surface area contributed by atoms with Gasteiger partial charge in [0.15, 0.2) is 0 Å². The smallest absolute Gasteiger partial charge is 0.00104 e. The Morgan fingerprint density at radius 3 is 1.81 bits per heavy atom. The Hall–Kier alpha value is -0.0400. The molecule has 0 aliphatic carbocycles. The summed E-state index contributed by atoms with van der Waals surface area (Å²) in [5, 5.41) is 3.61. The van der Waals surface area contributed by atoms with E-state index in [1.165, 1.54) is 19.3 Å². The maximum atomic E-state index is 3.61. The molecule has 0 aromatic rings. The molecule has 0 heterocycles. The summed E-state index contributed by atoms with van der Waals surface area (Å²) in [6.07, 6.45) is 4.02. The van der Waals surface area contributed by atoms with Gasteiger partial charge < -0.3 is 5.32 Å². The van der Waals surface area contributed by atoms with E-state index in [0.717, 1.165) is 18.4 Å². The van der Waals surface area contributed by atoms with Gasteiger partial charge in [-0.25, -0.2) is 0 Å². The van der Waals surface area contributed by atoms with E-state index in [2.05, 4.69) is 53.8 Å². The molecule has 1 heteroatoms. The Kier molecular flexibility index (Phi) is 7.30. The molecule has 0 saturated carbocycles. The molecule has 0 aromatic heterocycles. The Morgan fingerprint density at radius 2 is 1.50 bits per heavy atom. The van der Waals surface area contributed by atoms with E-state index in [0.29, 0.717) is 11.5 Å². The molecule has 0 aliphatic rings. The van der Waals surface area contributed by atoms with E-state index in [1.807, 2.05) is 0 Å². The molecule has 0 radical (unpaired) electrons. The first-order valence-corrected chi connectivity index (χ1v) is 7.04. The molecule has 0 aromatic carbocycles. The highest BCUT2D eigenvalue weighted by Gasteiger charge is 2.26. The summed E-state index contributed by atoms with van der Waals surface area (Å²) in [4.78, 5) is 0. The van der Waals surface area contributed by atoms with Crippen LogP contribution in [0.5, 0.6) is 0 Å². The zero-order valence-electron chi connectivity index (χ0n) is 12.6. The average molecular weight is 227 g/mol. The van der Waals surface area contributed by atoms with E-state index in [-0.39, 0.29) is 0 Å². The third kappa shape index (κ3) is 6.52. The summed E-state index contributed by atoms with van der Waals surface area (Å²) in [6.45, 7) is 17.4. The van der Waals surface area contributed by atoms with Crippen molar-refractivity contribution in [2.75, 3.05) is 6.54 Å². The summed E-state index contributed by atoms with van der Waals surface area (Å²) >= 11 is 0. The second kappa shape index (κ2) is 7.32. The topological polar surface area (TPSA) is 12.0 Å². The van der Waals surface area contributed by atoms with Crippen molar-refractivity contribution in [3.63, 3.8) is 0 Å². The van der Waals surface area contributed by atoms with E-state index < -0.39 is 0 Å². The lowest BCUT2D eigenvalue weighted by Crippen LogP contribution is -2.36. The third-order valence-corrected chi connectivity index (χ3v) is 3.77. The minimum Gasteiger partial charge on any atom is -0.314 e. The summed E-state index contributed by atoms with van der Waals surface area (Å²) in [7, 11) is 0. The second-order valence-corrected chi connectivity index (χ2v) is 6.54. The third-order valence-electron chi connectivity index (χ3n) is 3.77. The van der Waals surface area contributed by atoms with Gasteiger partial charge in [-0.3, -0.25) is 0 Å². The fraction of sp³-hybridized carbons (Fsp3) is 1.00. The van der Waals surface area contributed by atoms with Crippen molar-refractivity contribution in [3.05, 3.63) is 0 Å². The lowest BCUT2D eigenvalue weighted by atomic mass is 9.74. The van der Waals surface area contributed by atoms with Gasteiger partial charge in [-0.15, -0.1) is 0 Å². The van der Waals surface area contributed by atoms with Crippen LogP contribution in [0.15, 0.2) is 0 Å². The van der Waals surface area contributed by atoms with Crippen molar-refractivity contribution >= 4 is 0 Å². The number of hydrogen-bond acceptors (Lipinski definition) is 1. The van der Waals surface area contributed by atoms with Crippen molar-refractivity contribution in [1.29, 1.82) is 0 Å². The monoisotopic (exact) mass is 227 g/mol. The molecule has 1 unspecified atom stereocenters.